The van der Waals surface area contributed by atoms with E-state index in [0.717, 1.165) is 6.07 Å². The number of nitrogen functional groups attached to an aromatic ring is 1. The lowest BCUT2D eigenvalue weighted by atomic mass is 10.1. The predicted molar refractivity (Wildman–Crippen MR) is 71.8 cm³/mol. The van der Waals surface area contributed by atoms with Crippen molar-refractivity contribution in [3.63, 3.8) is 0 Å². The number of hydrogen-bond acceptors (Lipinski definition) is 4. The molecule has 0 radical (unpaired) electrons. The van der Waals surface area contributed by atoms with Crippen LogP contribution in [0, 0.1) is 11.6 Å². The largest absolute Gasteiger partial charge is 0.399 e. The predicted octanol–water partition coefficient (Wildman–Crippen LogP) is 0.446. The van der Waals surface area contributed by atoms with Crippen molar-refractivity contribution in [3.05, 3.63) is 23.8 Å². The summed E-state index contributed by atoms with van der Waals surface area (Å²) >= 11 is 0. The average Bonchev–Trinajstić information content (AvgIpc) is 2.37. The monoisotopic (exact) mass is 319 g/mol. The van der Waals surface area contributed by atoms with E-state index in [1.54, 1.807) is 7.05 Å². The number of nitrogens with zero attached hydrogens (tertiary/aromatic N) is 1. The first kappa shape index (κ1) is 15.6. The Morgan fingerprint density at radius 1 is 1.38 bits per heavy atom. The van der Waals surface area contributed by atoms with Gasteiger partial charge in [0.05, 0.1) is 0 Å². The van der Waals surface area contributed by atoms with Crippen molar-refractivity contribution in [3.8, 4) is 0 Å². The molecule has 1 fully saturated rings. The molecule has 1 unspecified atom stereocenters. The fraction of sp³-hybridized carbons (Fsp3) is 0.417. The third kappa shape index (κ3) is 3.30. The minimum Gasteiger partial charge on any atom is -0.399 e. The first-order valence-electron chi connectivity index (χ1n) is 6.21. The van der Waals surface area contributed by atoms with Crippen molar-refractivity contribution in [2.24, 2.45) is 0 Å². The number of sulfonamides is 1. The molecular formula is C12H15F2N3O3S. The van der Waals surface area contributed by atoms with E-state index in [1.165, 1.54) is 4.90 Å². The van der Waals surface area contributed by atoms with Crippen molar-refractivity contribution in [2.45, 2.75) is 23.8 Å². The van der Waals surface area contributed by atoms with Crippen molar-refractivity contribution < 1.29 is 22.0 Å². The summed E-state index contributed by atoms with van der Waals surface area (Å²) in [5, 5.41) is 0. The summed E-state index contributed by atoms with van der Waals surface area (Å²) in [6, 6.07) is 1.02. The molecule has 9 heteroatoms. The topological polar surface area (TPSA) is 92.5 Å². The molecule has 1 aliphatic rings. The second-order valence-corrected chi connectivity index (χ2v) is 6.63. The number of anilines is 1. The Labute approximate surface area is 121 Å². The van der Waals surface area contributed by atoms with Gasteiger partial charge in [0, 0.05) is 31.7 Å². The molecule has 21 heavy (non-hydrogen) atoms. The number of hydrogen-bond donors (Lipinski definition) is 2. The maximum absolute atomic E-state index is 13.7. The van der Waals surface area contributed by atoms with Gasteiger partial charge in [-0.2, -0.15) is 0 Å². The number of nitrogens with one attached hydrogen (secondary N) is 1. The lowest BCUT2D eigenvalue weighted by molar-refractivity contribution is -0.132. The number of piperidine rings is 1. The smallest absolute Gasteiger partial charge is 0.243 e. The van der Waals surface area contributed by atoms with Crippen LogP contribution in [0.1, 0.15) is 12.8 Å². The van der Waals surface area contributed by atoms with Gasteiger partial charge in [0.2, 0.25) is 15.9 Å². The maximum Gasteiger partial charge on any atom is 0.243 e. The van der Waals surface area contributed by atoms with Gasteiger partial charge < -0.3 is 10.6 Å². The quantitative estimate of drug-likeness (QED) is 0.791. The zero-order valence-corrected chi connectivity index (χ0v) is 12.1. The summed E-state index contributed by atoms with van der Waals surface area (Å²) in [7, 11) is -2.71. The second kappa shape index (κ2) is 5.57. The van der Waals surface area contributed by atoms with E-state index in [-0.39, 0.29) is 24.6 Å². The van der Waals surface area contributed by atoms with Gasteiger partial charge in [0.15, 0.2) is 11.6 Å². The standard InChI is InChI=1S/C12H15F2N3O3S/c1-17-6-8(2-3-11(17)18)16-21(19,20)10-5-7(15)4-9(13)12(10)14/h4-5,8,16H,2-3,6,15H2,1H3. The number of rotatable bonds is 3. The van der Waals surface area contributed by atoms with E-state index in [2.05, 4.69) is 4.72 Å². The van der Waals surface area contributed by atoms with E-state index >= 15 is 0 Å². The third-order valence-electron chi connectivity index (χ3n) is 3.26. The SMILES string of the molecule is CN1CC(NS(=O)(=O)c2cc(N)cc(F)c2F)CCC1=O. The highest BCUT2D eigenvalue weighted by atomic mass is 32.2. The Morgan fingerprint density at radius 3 is 2.67 bits per heavy atom. The molecule has 0 saturated carbocycles. The Hall–Kier alpha value is -1.74. The van der Waals surface area contributed by atoms with Gasteiger partial charge in [0.25, 0.3) is 0 Å². The van der Waals surface area contributed by atoms with Crippen LogP contribution < -0.4 is 10.5 Å². The van der Waals surface area contributed by atoms with E-state index in [9.17, 15) is 22.0 Å². The highest BCUT2D eigenvalue weighted by molar-refractivity contribution is 7.89. The first-order valence-corrected chi connectivity index (χ1v) is 7.70. The molecule has 1 aliphatic heterocycles. The number of nitrogens with two attached hydrogens (primary N) is 1. The van der Waals surface area contributed by atoms with Crippen LogP contribution in [0.3, 0.4) is 0 Å². The molecule has 0 spiro atoms. The number of likely N-dealkylation sites (tertiary alicyclic amines) is 1. The van der Waals surface area contributed by atoms with Crippen LogP contribution in [0.4, 0.5) is 14.5 Å². The second-order valence-electron chi connectivity index (χ2n) is 4.95. The van der Waals surface area contributed by atoms with Crippen molar-refractivity contribution >= 4 is 21.6 Å². The summed E-state index contributed by atoms with van der Waals surface area (Å²) < 4.78 is 53.5. The molecule has 1 saturated heterocycles. The normalized spacial score (nSPS) is 19.9. The summed E-state index contributed by atoms with van der Waals surface area (Å²) in [5.41, 5.74) is 5.16. The summed E-state index contributed by atoms with van der Waals surface area (Å²) in [5.74, 6) is -2.89. The van der Waals surface area contributed by atoms with Crippen LogP contribution in [-0.4, -0.2) is 38.9 Å². The number of likely N-dealkylation sites (N-methyl/N-ethyl adjacent to an activating group) is 1. The van der Waals surface area contributed by atoms with E-state index in [0.29, 0.717) is 12.5 Å². The van der Waals surface area contributed by atoms with Crippen LogP contribution in [0.2, 0.25) is 0 Å². The number of amides is 1. The van der Waals surface area contributed by atoms with Crippen molar-refractivity contribution in [1.82, 2.24) is 9.62 Å². The van der Waals surface area contributed by atoms with Gasteiger partial charge in [-0.15, -0.1) is 0 Å². The molecule has 6 nitrogen and oxygen atoms in total. The number of halogens is 2. The number of benzene rings is 1. The Balaban J connectivity index is 2.25. The molecule has 1 atom stereocenters. The Bertz CT molecular complexity index is 679. The van der Waals surface area contributed by atoms with Gasteiger partial charge in [-0.1, -0.05) is 0 Å². The molecule has 116 valence electrons. The van der Waals surface area contributed by atoms with Crippen molar-refractivity contribution in [1.29, 1.82) is 0 Å². The number of carbonyl (C=O) groups excluding carboxylic acids is 1. The van der Waals surface area contributed by atoms with Gasteiger partial charge in [-0.3, -0.25) is 4.79 Å². The minimum atomic E-state index is -4.26. The molecule has 0 aromatic heterocycles. The molecule has 1 amide bonds. The van der Waals surface area contributed by atoms with Crippen LogP contribution in [0.5, 0.6) is 0 Å². The van der Waals surface area contributed by atoms with Crippen molar-refractivity contribution in [2.75, 3.05) is 19.3 Å². The molecular weight excluding hydrogens is 304 g/mol. The van der Waals surface area contributed by atoms with Crippen LogP contribution in [-0.2, 0) is 14.8 Å². The lowest BCUT2D eigenvalue weighted by Crippen LogP contribution is -2.48. The zero-order valence-electron chi connectivity index (χ0n) is 11.3. The number of carbonyl (C=O) groups is 1. The highest BCUT2D eigenvalue weighted by Crippen LogP contribution is 2.22. The van der Waals surface area contributed by atoms with E-state index in [1.807, 2.05) is 0 Å². The maximum atomic E-state index is 13.7. The Kier molecular flexibility index (Phi) is 4.15. The molecule has 0 aliphatic carbocycles. The van der Waals surface area contributed by atoms with Gasteiger partial charge in [-0.05, 0) is 18.6 Å². The zero-order chi connectivity index (χ0) is 15.8. The summed E-state index contributed by atoms with van der Waals surface area (Å²) in [4.78, 5) is 11.9. The summed E-state index contributed by atoms with van der Waals surface area (Å²) in [6.45, 7) is 0.171. The van der Waals surface area contributed by atoms with E-state index < -0.39 is 32.6 Å². The summed E-state index contributed by atoms with van der Waals surface area (Å²) in [6.07, 6.45) is 0.492. The molecule has 2 rings (SSSR count). The van der Waals surface area contributed by atoms with Crippen LogP contribution in [0.15, 0.2) is 17.0 Å². The van der Waals surface area contributed by atoms with Gasteiger partial charge in [-0.25, -0.2) is 21.9 Å². The average molecular weight is 319 g/mol. The van der Waals surface area contributed by atoms with Gasteiger partial charge in [0.1, 0.15) is 4.90 Å². The molecule has 1 heterocycles. The fourth-order valence-electron chi connectivity index (χ4n) is 2.17. The molecule has 1 aromatic carbocycles. The Morgan fingerprint density at radius 2 is 2.05 bits per heavy atom. The first-order chi connectivity index (χ1) is 9.70. The fourth-order valence-corrected chi connectivity index (χ4v) is 3.55. The third-order valence-corrected chi connectivity index (χ3v) is 4.77. The van der Waals surface area contributed by atoms with Crippen LogP contribution >= 0.6 is 0 Å². The minimum absolute atomic E-state index is 0.0911. The van der Waals surface area contributed by atoms with E-state index in [4.69, 9.17) is 5.73 Å². The van der Waals surface area contributed by atoms with Crippen LogP contribution in [0.25, 0.3) is 0 Å². The molecule has 1 aromatic rings. The highest BCUT2D eigenvalue weighted by Gasteiger charge is 2.29. The lowest BCUT2D eigenvalue weighted by Gasteiger charge is -2.30. The molecule has 3 N–H and O–H groups in total. The van der Waals surface area contributed by atoms with Gasteiger partial charge >= 0.3 is 0 Å². The molecule has 0 bridgehead atoms.